The highest BCUT2D eigenvalue weighted by Crippen LogP contribution is 2.45. The average Bonchev–Trinajstić information content (AvgIpc) is 3.30. The van der Waals surface area contributed by atoms with E-state index in [1.54, 1.807) is 6.92 Å². The summed E-state index contributed by atoms with van der Waals surface area (Å²) in [4.78, 5) is 39.7. The van der Waals surface area contributed by atoms with Crippen LogP contribution in [0.15, 0.2) is 73.8 Å². The number of ketones is 2. The molecule has 0 N–H and O–H groups in total. The highest BCUT2D eigenvalue weighted by molar-refractivity contribution is 5.90. The van der Waals surface area contributed by atoms with Gasteiger partial charge in [0.25, 0.3) is 0 Å². The van der Waals surface area contributed by atoms with E-state index in [-0.39, 0.29) is 42.9 Å². The number of hydrogen-bond acceptors (Lipinski definition) is 4. The molecule has 42 heavy (non-hydrogen) atoms. The van der Waals surface area contributed by atoms with Crippen molar-refractivity contribution >= 4 is 17.5 Å². The molecular formula is C38H50O4. The molecule has 0 fully saturated rings. The Balaban J connectivity index is 1.68. The van der Waals surface area contributed by atoms with Crippen molar-refractivity contribution in [3.05, 3.63) is 85.0 Å². The lowest BCUT2D eigenvalue weighted by atomic mass is 9.72. The highest BCUT2D eigenvalue weighted by atomic mass is 16.5. The molecule has 0 bridgehead atoms. The lowest BCUT2D eigenvalue weighted by Crippen LogP contribution is -2.34. The molecule has 2 atom stereocenters. The highest BCUT2D eigenvalue weighted by Gasteiger charge is 2.38. The van der Waals surface area contributed by atoms with E-state index in [0.717, 1.165) is 51.4 Å². The number of allylic oxidation sites excluding steroid dienone is 2. The summed E-state index contributed by atoms with van der Waals surface area (Å²) >= 11 is 0. The summed E-state index contributed by atoms with van der Waals surface area (Å²) in [6.45, 7) is 13.3. The number of fused-ring (bicyclic) bond motifs is 3. The van der Waals surface area contributed by atoms with Crippen LogP contribution in [0.1, 0.15) is 115 Å². The third-order valence-corrected chi connectivity index (χ3v) is 9.36. The van der Waals surface area contributed by atoms with Gasteiger partial charge in [0.05, 0.1) is 6.42 Å². The van der Waals surface area contributed by atoms with Gasteiger partial charge in [-0.1, -0.05) is 93.8 Å². The van der Waals surface area contributed by atoms with Crippen LogP contribution in [0, 0.1) is 10.8 Å². The molecule has 3 rings (SSSR count). The van der Waals surface area contributed by atoms with E-state index < -0.39 is 10.8 Å². The summed E-state index contributed by atoms with van der Waals surface area (Å²) in [5.41, 5.74) is 3.35. The molecule has 2 aromatic rings. The molecule has 1 aliphatic carbocycles. The molecular weight excluding hydrogens is 520 g/mol. The molecule has 0 radical (unpaired) electrons. The van der Waals surface area contributed by atoms with Crippen molar-refractivity contribution in [2.45, 2.75) is 104 Å². The smallest absolute Gasteiger partial charge is 0.306 e. The number of carbonyl (C=O) groups is 3. The van der Waals surface area contributed by atoms with Crippen LogP contribution < -0.4 is 0 Å². The number of hydrogen-bond donors (Lipinski definition) is 0. The number of Topliss-reactive ketones (excluding diaryl/α,β-unsaturated/α-hetero) is 2. The summed E-state index contributed by atoms with van der Waals surface area (Å²) in [6, 6.07) is 16.6. The van der Waals surface area contributed by atoms with Gasteiger partial charge in [0.2, 0.25) is 0 Å². The fourth-order valence-corrected chi connectivity index (χ4v) is 6.27. The van der Waals surface area contributed by atoms with Crippen LogP contribution in [0.3, 0.4) is 0 Å². The molecule has 0 heterocycles. The minimum absolute atomic E-state index is 0.0139. The fraction of sp³-hybridized carbons (Fsp3) is 0.500. The van der Waals surface area contributed by atoms with Gasteiger partial charge in [-0.2, -0.15) is 0 Å². The van der Waals surface area contributed by atoms with E-state index in [2.05, 4.69) is 37.4 Å². The normalized spacial score (nSPS) is 15.1. The van der Waals surface area contributed by atoms with Crippen LogP contribution in [-0.4, -0.2) is 24.1 Å². The summed E-state index contributed by atoms with van der Waals surface area (Å²) in [5, 5.41) is 0. The monoisotopic (exact) mass is 570 g/mol. The van der Waals surface area contributed by atoms with Crippen molar-refractivity contribution in [1.82, 2.24) is 0 Å². The van der Waals surface area contributed by atoms with Crippen molar-refractivity contribution in [2.24, 2.45) is 10.8 Å². The Kier molecular flexibility index (Phi) is 12.5. The second kappa shape index (κ2) is 15.8. The molecule has 4 nitrogen and oxygen atoms in total. The van der Waals surface area contributed by atoms with Crippen molar-refractivity contribution < 1.29 is 19.1 Å². The van der Waals surface area contributed by atoms with E-state index in [1.165, 1.54) is 22.3 Å². The van der Waals surface area contributed by atoms with E-state index in [4.69, 9.17) is 4.74 Å². The number of unbranched alkanes of at least 4 members (excludes halogenated alkanes) is 5. The first kappa shape index (κ1) is 33.2. The van der Waals surface area contributed by atoms with Gasteiger partial charge in [-0.15, -0.1) is 13.2 Å². The van der Waals surface area contributed by atoms with Gasteiger partial charge in [-0.3, -0.25) is 14.4 Å². The molecule has 0 spiro atoms. The molecule has 0 amide bonds. The Bertz CT molecular complexity index is 1200. The second-order valence-corrected chi connectivity index (χ2v) is 12.6. The van der Waals surface area contributed by atoms with Crippen molar-refractivity contribution in [3.8, 4) is 11.1 Å². The zero-order valence-electron chi connectivity index (χ0n) is 26.1. The maximum absolute atomic E-state index is 13.8. The number of benzene rings is 2. The van der Waals surface area contributed by atoms with E-state index in [1.807, 2.05) is 50.3 Å². The largest absolute Gasteiger partial charge is 0.465 e. The predicted octanol–water partition coefficient (Wildman–Crippen LogP) is 9.57. The minimum atomic E-state index is -0.820. The Morgan fingerprint density at radius 1 is 0.762 bits per heavy atom. The number of rotatable bonds is 20. The van der Waals surface area contributed by atoms with Gasteiger partial charge in [0.1, 0.15) is 18.2 Å². The van der Waals surface area contributed by atoms with Gasteiger partial charge in [0, 0.05) is 23.2 Å². The lowest BCUT2D eigenvalue weighted by molar-refractivity contribution is -0.150. The SMILES string of the molecule is C=CCCCCCC[C@@](C)(CC(=O)OCC1c2ccccc2-c2ccccc21)C(=O)CC[C@@](C)(CCCC=C)C(C)=O. The Morgan fingerprint density at radius 2 is 1.31 bits per heavy atom. The number of carbonyl (C=O) groups excluding carboxylic acids is 3. The van der Waals surface area contributed by atoms with Gasteiger partial charge in [-0.05, 0) is 74.1 Å². The number of ether oxygens (including phenoxy) is 1. The van der Waals surface area contributed by atoms with Crippen molar-refractivity contribution in [2.75, 3.05) is 6.61 Å². The topological polar surface area (TPSA) is 60.4 Å². The van der Waals surface area contributed by atoms with Crippen LogP contribution in [0.4, 0.5) is 0 Å². The van der Waals surface area contributed by atoms with Gasteiger partial charge in [0.15, 0.2) is 0 Å². The van der Waals surface area contributed by atoms with Crippen LogP contribution >= 0.6 is 0 Å². The lowest BCUT2D eigenvalue weighted by Gasteiger charge is -2.31. The van der Waals surface area contributed by atoms with Gasteiger partial charge in [-0.25, -0.2) is 0 Å². The first-order valence-corrected chi connectivity index (χ1v) is 15.7. The van der Waals surface area contributed by atoms with Crippen molar-refractivity contribution in [3.63, 3.8) is 0 Å². The summed E-state index contributed by atoms with van der Waals surface area (Å²) in [7, 11) is 0. The zero-order valence-corrected chi connectivity index (χ0v) is 26.1. The van der Waals surface area contributed by atoms with Crippen LogP contribution in [0.5, 0.6) is 0 Å². The molecule has 4 heteroatoms. The molecule has 226 valence electrons. The summed E-state index contributed by atoms with van der Waals surface area (Å²) in [6.07, 6.45) is 12.8. The third kappa shape index (κ3) is 8.63. The molecule has 0 saturated carbocycles. The summed E-state index contributed by atoms with van der Waals surface area (Å²) in [5.74, 6) is -0.183. The number of esters is 1. The first-order chi connectivity index (χ1) is 20.1. The van der Waals surface area contributed by atoms with E-state index in [9.17, 15) is 14.4 Å². The maximum Gasteiger partial charge on any atom is 0.306 e. The fourth-order valence-electron chi connectivity index (χ4n) is 6.27. The standard InChI is InChI=1S/C38H50O4/c1-6-8-10-11-12-18-25-38(5,35(40)23-26-37(4,29(3)39)24-17-9-7-2)27-36(41)42-28-34-32-21-15-13-19-30(32)31-20-14-16-22-33(31)34/h6-7,13-16,19-22,34H,1-2,8-12,17-18,23-28H2,3-5H3/t37-,38+/m1/s1. The molecule has 0 aliphatic heterocycles. The third-order valence-electron chi connectivity index (χ3n) is 9.36. The van der Waals surface area contributed by atoms with E-state index >= 15 is 0 Å². The predicted molar refractivity (Wildman–Crippen MR) is 172 cm³/mol. The Hall–Kier alpha value is -3.27. The van der Waals surface area contributed by atoms with E-state index in [0.29, 0.717) is 12.8 Å². The average molecular weight is 571 g/mol. The van der Waals surface area contributed by atoms with Gasteiger partial charge < -0.3 is 4.74 Å². The second-order valence-electron chi connectivity index (χ2n) is 12.6. The van der Waals surface area contributed by atoms with Crippen LogP contribution in [-0.2, 0) is 19.1 Å². The van der Waals surface area contributed by atoms with Crippen molar-refractivity contribution in [1.29, 1.82) is 0 Å². The van der Waals surface area contributed by atoms with Crippen LogP contribution in [0.2, 0.25) is 0 Å². The Labute approximate surface area is 253 Å². The molecule has 0 unspecified atom stereocenters. The molecule has 1 aliphatic rings. The van der Waals surface area contributed by atoms with Gasteiger partial charge >= 0.3 is 5.97 Å². The molecule has 0 aromatic heterocycles. The Morgan fingerprint density at radius 3 is 1.90 bits per heavy atom. The summed E-state index contributed by atoms with van der Waals surface area (Å²) < 4.78 is 5.93. The zero-order chi connectivity index (χ0) is 30.6. The van der Waals surface area contributed by atoms with Crippen LogP contribution in [0.25, 0.3) is 11.1 Å². The first-order valence-electron chi connectivity index (χ1n) is 15.7. The quantitative estimate of drug-likeness (QED) is 0.0903. The molecule has 2 aromatic carbocycles. The maximum atomic E-state index is 13.8. The molecule has 0 saturated heterocycles. The minimum Gasteiger partial charge on any atom is -0.465 e.